The van der Waals surface area contributed by atoms with Gasteiger partial charge in [-0.05, 0) is 25.2 Å². The third-order valence-electron chi connectivity index (χ3n) is 1.75. The monoisotopic (exact) mass is 192 g/mol. The Morgan fingerprint density at radius 3 is 2.93 bits per heavy atom. The zero-order valence-corrected chi connectivity index (χ0v) is 7.67. The maximum absolute atomic E-state index is 12.9. The Balaban J connectivity index is 3.02. The molecule has 1 aromatic rings. The van der Waals surface area contributed by atoms with Crippen LogP contribution in [0.4, 0.5) is 4.39 Å². The summed E-state index contributed by atoms with van der Waals surface area (Å²) in [5, 5.41) is 11.2. The molecule has 1 rings (SSSR count). The molecule has 0 aliphatic carbocycles. The molecular formula is C10H9FN2O. The minimum atomic E-state index is -0.603. The quantitative estimate of drug-likeness (QED) is 0.729. The number of halogens is 1. The second-order valence-electron chi connectivity index (χ2n) is 2.76. The molecule has 0 spiro atoms. The van der Waals surface area contributed by atoms with Gasteiger partial charge in [-0.3, -0.25) is 4.79 Å². The first-order valence-electron chi connectivity index (χ1n) is 4.06. The lowest BCUT2D eigenvalue weighted by molar-refractivity contribution is 0.0993. The van der Waals surface area contributed by atoms with Gasteiger partial charge in [0.05, 0.1) is 12.1 Å². The van der Waals surface area contributed by atoms with E-state index < -0.39 is 5.82 Å². The first kappa shape index (κ1) is 10.4. The number of Topliss-reactive ketones (excluding diaryl/α,β-unsaturated/α-hetero) is 1. The number of likely N-dealkylation sites (N-methyl/N-ethyl adjacent to an activating group) is 1. The summed E-state index contributed by atoms with van der Waals surface area (Å²) in [7, 11) is 1.65. The van der Waals surface area contributed by atoms with Crippen molar-refractivity contribution in [2.75, 3.05) is 13.6 Å². The number of hydrogen-bond donors (Lipinski definition) is 1. The third-order valence-corrected chi connectivity index (χ3v) is 1.75. The van der Waals surface area contributed by atoms with Crippen LogP contribution in [0, 0.1) is 17.1 Å². The van der Waals surface area contributed by atoms with E-state index in [2.05, 4.69) is 5.32 Å². The molecule has 0 amide bonds. The lowest BCUT2D eigenvalue weighted by Gasteiger charge is -2.00. The minimum Gasteiger partial charge on any atom is -0.313 e. The predicted molar refractivity (Wildman–Crippen MR) is 49.4 cm³/mol. The van der Waals surface area contributed by atoms with Crippen molar-refractivity contribution < 1.29 is 9.18 Å². The zero-order valence-electron chi connectivity index (χ0n) is 7.67. The van der Waals surface area contributed by atoms with Gasteiger partial charge in [0.1, 0.15) is 11.9 Å². The van der Waals surface area contributed by atoms with Crippen LogP contribution in [0.3, 0.4) is 0 Å². The Hall–Kier alpha value is -1.73. The number of nitriles is 1. The van der Waals surface area contributed by atoms with Crippen molar-refractivity contribution in [1.29, 1.82) is 5.26 Å². The molecule has 14 heavy (non-hydrogen) atoms. The first-order valence-corrected chi connectivity index (χ1v) is 4.06. The topological polar surface area (TPSA) is 52.9 Å². The number of carbonyl (C=O) groups excluding carboxylic acids is 1. The van der Waals surface area contributed by atoms with Gasteiger partial charge in [-0.2, -0.15) is 5.26 Å². The van der Waals surface area contributed by atoms with Crippen LogP contribution in [-0.4, -0.2) is 19.4 Å². The number of rotatable bonds is 3. The fourth-order valence-corrected chi connectivity index (χ4v) is 1.05. The van der Waals surface area contributed by atoms with E-state index in [0.29, 0.717) is 5.56 Å². The summed E-state index contributed by atoms with van der Waals surface area (Å²) in [4.78, 5) is 11.3. The van der Waals surface area contributed by atoms with E-state index in [1.54, 1.807) is 13.1 Å². The summed E-state index contributed by atoms with van der Waals surface area (Å²) in [6.07, 6.45) is 0. The van der Waals surface area contributed by atoms with Crippen molar-refractivity contribution in [3.63, 3.8) is 0 Å². The van der Waals surface area contributed by atoms with Crippen molar-refractivity contribution >= 4 is 5.78 Å². The molecule has 0 aliphatic heterocycles. The molecule has 1 aromatic carbocycles. The van der Waals surface area contributed by atoms with Crippen LogP contribution in [0.25, 0.3) is 0 Å². The Bertz CT molecular complexity index is 396. The van der Waals surface area contributed by atoms with Gasteiger partial charge in [-0.15, -0.1) is 0 Å². The summed E-state index contributed by atoms with van der Waals surface area (Å²) >= 11 is 0. The van der Waals surface area contributed by atoms with E-state index in [1.165, 1.54) is 12.1 Å². The van der Waals surface area contributed by atoms with Crippen molar-refractivity contribution in [2.24, 2.45) is 0 Å². The van der Waals surface area contributed by atoms with Crippen LogP contribution in [-0.2, 0) is 0 Å². The minimum absolute atomic E-state index is 0.105. The summed E-state index contributed by atoms with van der Waals surface area (Å²) in [6, 6.07) is 5.44. The molecule has 0 atom stereocenters. The average Bonchev–Trinajstić information content (AvgIpc) is 2.19. The lowest BCUT2D eigenvalue weighted by Crippen LogP contribution is -2.18. The van der Waals surface area contributed by atoms with Gasteiger partial charge in [0.25, 0.3) is 0 Å². The first-order chi connectivity index (χ1) is 6.69. The van der Waals surface area contributed by atoms with Crippen LogP contribution in [0.5, 0.6) is 0 Å². The van der Waals surface area contributed by atoms with Crippen molar-refractivity contribution in [1.82, 2.24) is 5.32 Å². The number of nitrogens with one attached hydrogen (secondary N) is 1. The standard InChI is InChI=1S/C10H9FN2O/c1-13-6-10(14)7-2-3-9(11)8(4-7)5-12/h2-4,13H,6H2,1H3. The second kappa shape index (κ2) is 4.49. The highest BCUT2D eigenvalue weighted by atomic mass is 19.1. The number of hydrogen-bond acceptors (Lipinski definition) is 3. The van der Waals surface area contributed by atoms with Crippen molar-refractivity contribution in [3.05, 3.63) is 35.1 Å². The fraction of sp³-hybridized carbons (Fsp3) is 0.200. The maximum Gasteiger partial charge on any atom is 0.176 e. The average molecular weight is 192 g/mol. The lowest BCUT2D eigenvalue weighted by atomic mass is 10.1. The largest absolute Gasteiger partial charge is 0.313 e. The van der Waals surface area contributed by atoms with E-state index in [9.17, 15) is 9.18 Å². The Morgan fingerprint density at radius 1 is 1.64 bits per heavy atom. The predicted octanol–water partition coefficient (Wildman–Crippen LogP) is 1.10. The summed E-state index contributed by atoms with van der Waals surface area (Å²) < 4.78 is 12.9. The Morgan fingerprint density at radius 2 is 2.36 bits per heavy atom. The highest BCUT2D eigenvalue weighted by Crippen LogP contribution is 2.09. The molecule has 3 nitrogen and oxygen atoms in total. The third kappa shape index (κ3) is 2.15. The van der Waals surface area contributed by atoms with Crippen LogP contribution in [0.15, 0.2) is 18.2 Å². The number of nitrogens with zero attached hydrogens (tertiary/aromatic N) is 1. The molecule has 72 valence electrons. The van der Waals surface area contributed by atoms with Gasteiger partial charge in [0, 0.05) is 5.56 Å². The highest BCUT2D eigenvalue weighted by Gasteiger charge is 2.08. The molecule has 4 heteroatoms. The normalized spacial score (nSPS) is 9.50. The van der Waals surface area contributed by atoms with Crippen LogP contribution >= 0.6 is 0 Å². The van der Waals surface area contributed by atoms with E-state index in [1.807, 2.05) is 0 Å². The molecule has 0 unspecified atom stereocenters. The van der Waals surface area contributed by atoms with Gasteiger partial charge in [-0.1, -0.05) is 0 Å². The number of ketones is 1. The van der Waals surface area contributed by atoms with Crippen LogP contribution in [0.2, 0.25) is 0 Å². The summed E-state index contributed by atoms with van der Waals surface area (Å²) in [5.41, 5.74) is 0.240. The molecule has 0 radical (unpaired) electrons. The molecular weight excluding hydrogens is 183 g/mol. The van der Waals surface area contributed by atoms with Gasteiger partial charge in [-0.25, -0.2) is 4.39 Å². The van der Waals surface area contributed by atoms with Crippen LogP contribution in [0.1, 0.15) is 15.9 Å². The van der Waals surface area contributed by atoms with Gasteiger partial charge < -0.3 is 5.32 Å². The molecule has 0 heterocycles. The van der Waals surface area contributed by atoms with Crippen LogP contribution < -0.4 is 5.32 Å². The molecule has 0 fully saturated rings. The summed E-state index contributed by atoms with van der Waals surface area (Å²) in [5.74, 6) is -0.766. The number of benzene rings is 1. The van der Waals surface area contributed by atoms with Gasteiger partial charge >= 0.3 is 0 Å². The second-order valence-corrected chi connectivity index (χ2v) is 2.76. The highest BCUT2D eigenvalue weighted by molar-refractivity contribution is 5.97. The van der Waals surface area contributed by atoms with Gasteiger partial charge in [0.2, 0.25) is 0 Å². The van der Waals surface area contributed by atoms with Gasteiger partial charge in [0.15, 0.2) is 5.78 Å². The molecule has 0 aromatic heterocycles. The molecule has 0 bridgehead atoms. The number of carbonyl (C=O) groups is 1. The maximum atomic E-state index is 12.9. The molecule has 0 saturated carbocycles. The Kier molecular flexibility index (Phi) is 3.32. The molecule has 0 aliphatic rings. The van der Waals surface area contributed by atoms with Crippen molar-refractivity contribution in [3.8, 4) is 6.07 Å². The Labute approximate surface area is 81.2 Å². The fourth-order valence-electron chi connectivity index (χ4n) is 1.05. The smallest absolute Gasteiger partial charge is 0.176 e. The van der Waals surface area contributed by atoms with E-state index in [0.717, 1.165) is 6.07 Å². The molecule has 0 saturated heterocycles. The van der Waals surface area contributed by atoms with Crippen molar-refractivity contribution in [2.45, 2.75) is 0 Å². The van der Waals surface area contributed by atoms with E-state index in [-0.39, 0.29) is 17.9 Å². The molecule has 1 N–H and O–H groups in total. The SMILES string of the molecule is CNCC(=O)c1ccc(F)c(C#N)c1. The zero-order chi connectivity index (χ0) is 10.6. The van der Waals surface area contributed by atoms with E-state index >= 15 is 0 Å². The summed E-state index contributed by atoms with van der Waals surface area (Å²) in [6.45, 7) is 0.177. The van der Waals surface area contributed by atoms with E-state index in [4.69, 9.17) is 5.26 Å².